The van der Waals surface area contributed by atoms with Crippen molar-refractivity contribution in [3.63, 3.8) is 0 Å². The average molecular weight is 378 g/mol. The summed E-state index contributed by atoms with van der Waals surface area (Å²) >= 11 is 6.01. The molecule has 0 bridgehead atoms. The smallest absolute Gasteiger partial charge is 0.364 e. The molecule has 1 aromatic heterocycles. The summed E-state index contributed by atoms with van der Waals surface area (Å²) < 4.78 is 12.4. The van der Waals surface area contributed by atoms with E-state index < -0.39 is 5.97 Å². The van der Waals surface area contributed by atoms with Crippen LogP contribution in [0.25, 0.3) is 10.8 Å². The zero-order valence-electron chi connectivity index (χ0n) is 13.8. The second kappa shape index (κ2) is 7.81. The lowest BCUT2D eigenvalue weighted by atomic mass is 10.1. The molecule has 130 valence electrons. The lowest BCUT2D eigenvalue weighted by molar-refractivity contribution is 0.0514. The van der Waals surface area contributed by atoms with Crippen molar-refractivity contribution in [2.45, 2.75) is 13.5 Å². The topological polar surface area (TPSA) is 66.2 Å². The molecule has 1 heterocycles. The van der Waals surface area contributed by atoms with Gasteiger partial charge in [-0.3, -0.25) is 0 Å². The highest BCUT2D eigenvalue weighted by Crippen LogP contribution is 2.26. The maximum Gasteiger partial charge on any atom is 0.364 e. The van der Waals surface area contributed by atoms with E-state index in [4.69, 9.17) is 21.1 Å². The van der Waals surface area contributed by atoms with Gasteiger partial charge in [0.15, 0.2) is 0 Å². The Morgan fingerprint density at radius 1 is 1.24 bits per heavy atom. The molecular weight excluding hydrogens is 361 g/mol. The van der Waals surface area contributed by atoms with Crippen molar-refractivity contribution in [1.82, 2.24) is 14.8 Å². The van der Waals surface area contributed by atoms with Crippen molar-refractivity contribution in [1.29, 1.82) is 0 Å². The molecule has 0 aliphatic carbocycles. The molecule has 0 fully saturated rings. The van der Waals surface area contributed by atoms with Gasteiger partial charge in [0.25, 0.3) is 5.88 Å². The maximum absolute atomic E-state index is 12.0. The van der Waals surface area contributed by atoms with Gasteiger partial charge in [-0.25, -0.2) is 4.79 Å². The Morgan fingerprint density at radius 3 is 2.76 bits per heavy atom. The number of hydrogen-bond acceptors (Lipinski definition) is 5. The fraction of sp³-hybridized carbons (Fsp3) is 0.235. The molecule has 0 saturated heterocycles. The van der Waals surface area contributed by atoms with Crippen LogP contribution in [-0.4, -0.2) is 34.0 Å². The standard InChI is InChI=1S/C17H17ClN3O3P/c1-3-23-17(22)15-16(21(25-2)20-19-15)24-10-11-4-5-13-9-14(18)7-6-12(13)8-11/h4-9,25H,3,10H2,1-2H3. The minimum atomic E-state index is -0.532. The summed E-state index contributed by atoms with van der Waals surface area (Å²) in [6, 6.07) is 11.7. The van der Waals surface area contributed by atoms with Gasteiger partial charge in [0, 0.05) is 13.8 Å². The molecule has 0 saturated carbocycles. The monoisotopic (exact) mass is 377 g/mol. The van der Waals surface area contributed by atoms with Crippen molar-refractivity contribution < 1.29 is 14.3 Å². The van der Waals surface area contributed by atoms with Crippen molar-refractivity contribution in [3.8, 4) is 5.88 Å². The third kappa shape index (κ3) is 3.91. The van der Waals surface area contributed by atoms with E-state index >= 15 is 0 Å². The lowest BCUT2D eigenvalue weighted by Crippen LogP contribution is -2.09. The van der Waals surface area contributed by atoms with Crippen LogP contribution in [0.4, 0.5) is 0 Å². The molecule has 0 spiro atoms. The number of ether oxygens (including phenoxy) is 2. The largest absolute Gasteiger partial charge is 0.471 e. The fourth-order valence-corrected chi connectivity index (χ4v) is 3.07. The van der Waals surface area contributed by atoms with Crippen LogP contribution in [0.15, 0.2) is 36.4 Å². The first kappa shape index (κ1) is 17.6. The van der Waals surface area contributed by atoms with E-state index in [2.05, 4.69) is 10.3 Å². The summed E-state index contributed by atoms with van der Waals surface area (Å²) in [6.45, 7) is 4.23. The Hall–Kier alpha value is -2.17. The highest BCUT2D eigenvalue weighted by molar-refractivity contribution is 7.35. The Morgan fingerprint density at radius 2 is 2.00 bits per heavy atom. The molecule has 0 aliphatic heterocycles. The van der Waals surface area contributed by atoms with Gasteiger partial charge in [-0.1, -0.05) is 35.0 Å². The molecule has 3 rings (SSSR count). The van der Waals surface area contributed by atoms with Gasteiger partial charge in [0.1, 0.15) is 6.61 Å². The molecular formula is C17H17ClN3O3P. The van der Waals surface area contributed by atoms with Gasteiger partial charge < -0.3 is 9.47 Å². The summed E-state index contributed by atoms with van der Waals surface area (Å²) in [6.07, 6.45) is 0. The Bertz CT molecular complexity index is 913. The highest BCUT2D eigenvalue weighted by atomic mass is 35.5. The summed E-state index contributed by atoms with van der Waals surface area (Å²) in [5.41, 5.74) is 1.07. The van der Waals surface area contributed by atoms with Crippen LogP contribution in [0.1, 0.15) is 23.0 Å². The normalized spacial score (nSPS) is 11.3. The van der Waals surface area contributed by atoms with Gasteiger partial charge in [-0.05, 0) is 48.1 Å². The van der Waals surface area contributed by atoms with Gasteiger partial charge in [0.05, 0.1) is 6.61 Å². The molecule has 0 amide bonds. The van der Waals surface area contributed by atoms with Crippen molar-refractivity contribution >= 4 is 37.1 Å². The maximum atomic E-state index is 12.0. The second-order valence-electron chi connectivity index (χ2n) is 5.21. The highest BCUT2D eigenvalue weighted by Gasteiger charge is 2.22. The average Bonchev–Trinajstić information content (AvgIpc) is 3.03. The number of nitrogens with zero attached hydrogens (tertiary/aromatic N) is 3. The first-order valence-electron chi connectivity index (χ1n) is 7.74. The van der Waals surface area contributed by atoms with Crippen LogP contribution in [0, 0.1) is 0 Å². The number of benzene rings is 2. The lowest BCUT2D eigenvalue weighted by Gasteiger charge is -2.09. The zero-order valence-corrected chi connectivity index (χ0v) is 15.6. The first-order chi connectivity index (χ1) is 12.1. The third-order valence-corrected chi connectivity index (χ3v) is 4.50. The number of halogens is 1. The Balaban J connectivity index is 1.82. The summed E-state index contributed by atoms with van der Waals surface area (Å²) in [7, 11) is 0.291. The minimum Gasteiger partial charge on any atom is -0.471 e. The summed E-state index contributed by atoms with van der Waals surface area (Å²) in [5.74, 6) is -0.203. The number of esters is 1. The molecule has 3 aromatic rings. The van der Waals surface area contributed by atoms with Crippen molar-refractivity contribution in [3.05, 3.63) is 52.7 Å². The van der Waals surface area contributed by atoms with E-state index in [0.29, 0.717) is 26.2 Å². The molecule has 0 radical (unpaired) electrons. The molecule has 25 heavy (non-hydrogen) atoms. The van der Waals surface area contributed by atoms with E-state index in [1.807, 2.05) is 43.1 Å². The van der Waals surface area contributed by atoms with Gasteiger partial charge in [0.2, 0.25) is 5.69 Å². The number of carbonyl (C=O) groups excluding carboxylic acids is 1. The number of fused-ring (bicyclic) bond motifs is 1. The van der Waals surface area contributed by atoms with Gasteiger partial charge in [-0.2, -0.15) is 4.45 Å². The molecule has 2 aromatic carbocycles. The number of carbonyl (C=O) groups is 1. The van der Waals surface area contributed by atoms with Crippen LogP contribution in [-0.2, 0) is 11.3 Å². The van der Waals surface area contributed by atoms with Crippen LogP contribution in [0.3, 0.4) is 0 Å². The minimum absolute atomic E-state index is 0.101. The van der Waals surface area contributed by atoms with E-state index in [-0.39, 0.29) is 12.3 Å². The molecule has 8 heteroatoms. The Kier molecular flexibility index (Phi) is 5.51. The zero-order chi connectivity index (χ0) is 17.8. The van der Waals surface area contributed by atoms with Crippen LogP contribution < -0.4 is 4.74 Å². The van der Waals surface area contributed by atoms with Crippen LogP contribution >= 0.6 is 20.3 Å². The summed E-state index contributed by atoms with van der Waals surface area (Å²) in [5, 5.41) is 10.7. The SMILES string of the molecule is CCOC(=O)c1nnn(PC)c1OCc1ccc2cc(Cl)ccc2c1. The molecule has 1 unspecified atom stereocenters. The van der Waals surface area contributed by atoms with Gasteiger partial charge >= 0.3 is 5.97 Å². The van der Waals surface area contributed by atoms with E-state index in [0.717, 1.165) is 16.3 Å². The summed E-state index contributed by atoms with van der Waals surface area (Å²) in [4.78, 5) is 12.0. The van der Waals surface area contributed by atoms with E-state index in [1.165, 1.54) is 0 Å². The molecule has 6 nitrogen and oxygen atoms in total. The fourth-order valence-electron chi connectivity index (χ4n) is 2.38. The van der Waals surface area contributed by atoms with Crippen LogP contribution in [0.2, 0.25) is 5.02 Å². The van der Waals surface area contributed by atoms with Crippen LogP contribution in [0.5, 0.6) is 5.88 Å². The quantitative estimate of drug-likeness (QED) is 0.481. The molecule has 1 atom stereocenters. The first-order valence-corrected chi connectivity index (χ1v) is 9.56. The van der Waals surface area contributed by atoms with Crippen molar-refractivity contribution in [2.75, 3.05) is 13.3 Å². The van der Waals surface area contributed by atoms with Crippen molar-refractivity contribution in [2.24, 2.45) is 0 Å². The third-order valence-electron chi connectivity index (χ3n) is 3.55. The van der Waals surface area contributed by atoms with Gasteiger partial charge in [-0.15, -0.1) is 5.10 Å². The number of hydrogen-bond donors (Lipinski definition) is 0. The Labute approximate surface area is 151 Å². The van der Waals surface area contributed by atoms with E-state index in [9.17, 15) is 4.79 Å². The number of aromatic nitrogens is 3. The molecule has 0 aliphatic rings. The second-order valence-corrected chi connectivity index (χ2v) is 6.52. The molecule has 0 N–H and O–H groups in total. The van der Waals surface area contributed by atoms with E-state index in [1.54, 1.807) is 11.4 Å². The number of rotatable bonds is 6. The predicted octanol–water partition coefficient (Wildman–Crippen LogP) is 3.91. The predicted molar refractivity (Wildman–Crippen MR) is 98.9 cm³/mol.